The molecule has 2 aliphatic heterocycles. The number of halogens is 1. The number of thioether (sulfide) groups is 1. The predicted molar refractivity (Wildman–Crippen MR) is 147 cm³/mol. The van der Waals surface area contributed by atoms with Crippen LogP contribution < -0.4 is 0 Å². The first-order valence-corrected chi connectivity index (χ1v) is 14.4. The van der Waals surface area contributed by atoms with Gasteiger partial charge in [-0.2, -0.15) is 0 Å². The first-order valence-electron chi connectivity index (χ1n) is 13.1. The summed E-state index contributed by atoms with van der Waals surface area (Å²) in [7, 11) is 0. The quantitative estimate of drug-likeness (QED) is 0.409. The highest BCUT2D eigenvalue weighted by molar-refractivity contribution is 8.04. The summed E-state index contributed by atoms with van der Waals surface area (Å²) in [6.45, 7) is 6.49. The van der Waals surface area contributed by atoms with E-state index in [0.29, 0.717) is 5.02 Å². The summed E-state index contributed by atoms with van der Waals surface area (Å²) >= 11 is 7.95. The molecule has 4 nitrogen and oxygen atoms in total. The number of piperazine rings is 1. The predicted octanol–water partition coefficient (Wildman–Crippen LogP) is 6.30. The third kappa shape index (κ3) is 6.32. The van der Waals surface area contributed by atoms with Crippen LogP contribution in [-0.2, 0) is 4.79 Å². The highest BCUT2D eigenvalue weighted by Crippen LogP contribution is 2.46. The lowest BCUT2D eigenvalue weighted by Crippen LogP contribution is -2.51. The maximum atomic E-state index is 13.5. The maximum Gasteiger partial charge on any atom is 0.261 e. The van der Waals surface area contributed by atoms with Gasteiger partial charge in [0, 0.05) is 43.8 Å². The Morgan fingerprint density at radius 1 is 0.914 bits per heavy atom. The van der Waals surface area contributed by atoms with E-state index in [-0.39, 0.29) is 11.3 Å². The third-order valence-corrected chi connectivity index (χ3v) is 9.13. The van der Waals surface area contributed by atoms with E-state index in [9.17, 15) is 4.79 Å². The molecule has 1 saturated carbocycles. The fraction of sp³-hybridized carbons (Fsp3) is 0.483. The van der Waals surface area contributed by atoms with Crippen LogP contribution in [0.25, 0.3) is 6.08 Å². The minimum Gasteiger partial charge on any atom is -0.322 e. The van der Waals surface area contributed by atoms with Crippen molar-refractivity contribution < 1.29 is 4.79 Å². The molecule has 0 N–H and O–H groups in total. The number of hydrogen-bond acceptors (Lipinski definition) is 4. The highest BCUT2D eigenvalue weighted by atomic mass is 35.5. The molecule has 6 heteroatoms. The van der Waals surface area contributed by atoms with Crippen LogP contribution in [0.15, 0.2) is 59.5 Å². The van der Waals surface area contributed by atoms with Crippen molar-refractivity contribution in [2.45, 2.75) is 49.9 Å². The van der Waals surface area contributed by atoms with Crippen molar-refractivity contribution in [3.05, 3.63) is 75.7 Å². The van der Waals surface area contributed by atoms with Crippen LogP contribution in [0, 0.1) is 0 Å². The lowest BCUT2D eigenvalue weighted by molar-refractivity contribution is -0.126. The summed E-state index contributed by atoms with van der Waals surface area (Å²) < 4.78 is 0. The van der Waals surface area contributed by atoms with Gasteiger partial charge in [0.05, 0.1) is 4.91 Å². The van der Waals surface area contributed by atoms with Gasteiger partial charge in [0.25, 0.3) is 5.91 Å². The average Bonchev–Trinajstić information content (AvgIpc) is 3.20. The zero-order chi connectivity index (χ0) is 24.0. The summed E-state index contributed by atoms with van der Waals surface area (Å²) in [6.07, 6.45) is 10.0. The van der Waals surface area contributed by atoms with E-state index in [2.05, 4.69) is 15.9 Å². The van der Waals surface area contributed by atoms with Crippen molar-refractivity contribution in [2.75, 3.05) is 39.3 Å². The second-order valence-corrected chi connectivity index (χ2v) is 11.5. The SMILES string of the molecule is O=C1/C(=C/c2ccccc2)SC(c2cccc(Cl)c2)N1CCCN1CCN(C2CCCCC2)CC1. The van der Waals surface area contributed by atoms with Gasteiger partial charge < -0.3 is 9.80 Å². The fourth-order valence-corrected chi connectivity index (χ4v) is 7.14. The minimum atomic E-state index is -0.0284. The maximum absolute atomic E-state index is 13.5. The molecule has 5 rings (SSSR count). The van der Waals surface area contributed by atoms with Crippen molar-refractivity contribution in [1.82, 2.24) is 14.7 Å². The highest BCUT2D eigenvalue weighted by Gasteiger charge is 2.37. The van der Waals surface area contributed by atoms with E-state index in [4.69, 9.17) is 11.6 Å². The lowest BCUT2D eigenvalue weighted by atomic mass is 9.94. The zero-order valence-corrected chi connectivity index (χ0v) is 22.0. The molecule has 35 heavy (non-hydrogen) atoms. The molecule has 1 atom stereocenters. The van der Waals surface area contributed by atoms with E-state index < -0.39 is 0 Å². The first-order chi connectivity index (χ1) is 17.2. The summed E-state index contributed by atoms with van der Waals surface area (Å²) in [6, 6.07) is 18.9. The number of benzene rings is 2. The lowest BCUT2D eigenvalue weighted by Gasteiger charge is -2.41. The van der Waals surface area contributed by atoms with Crippen LogP contribution in [0.2, 0.25) is 5.02 Å². The van der Waals surface area contributed by atoms with Gasteiger partial charge >= 0.3 is 0 Å². The first kappa shape index (κ1) is 24.9. The van der Waals surface area contributed by atoms with Gasteiger partial charge in [-0.05, 0) is 55.1 Å². The van der Waals surface area contributed by atoms with Crippen LogP contribution in [0.1, 0.15) is 55.0 Å². The molecule has 1 amide bonds. The van der Waals surface area contributed by atoms with Crippen molar-refractivity contribution in [3.63, 3.8) is 0 Å². The number of hydrogen-bond donors (Lipinski definition) is 0. The van der Waals surface area contributed by atoms with Crippen molar-refractivity contribution in [1.29, 1.82) is 0 Å². The van der Waals surface area contributed by atoms with Gasteiger partial charge in [-0.15, -0.1) is 0 Å². The topological polar surface area (TPSA) is 26.8 Å². The van der Waals surface area contributed by atoms with Gasteiger partial charge in [0.2, 0.25) is 0 Å². The van der Waals surface area contributed by atoms with Crippen LogP contribution in [0.4, 0.5) is 0 Å². The molecule has 0 bridgehead atoms. The molecule has 3 fully saturated rings. The molecule has 0 spiro atoms. The van der Waals surface area contributed by atoms with Crippen LogP contribution in [0.3, 0.4) is 0 Å². The van der Waals surface area contributed by atoms with Crippen molar-refractivity contribution >= 4 is 35.3 Å². The minimum absolute atomic E-state index is 0.0284. The number of nitrogens with zero attached hydrogens (tertiary/aromatic N) is 3. The second-order valence-electron chi connectivity index (χ2n) is 9.97. The van der Waals surface area contributed by atoms with Gasteiger partial charge in [-0.25, -0.2) is 0 Å². The normalized spacial score (nSPS) is 23.9. The van der Waals surface area contributed by atoms with Gasteiger partial charge in [0.1, 0.15) is 5.37 Å². The number of rotatable bonds is 7. The Morgan fingerprint density at radius 2 is 1.69 bits per heavy atom. The van der Waals surface area contributed by atoms with E-state index >= 15 is 0 Å². The molecule has 186 valence electrons. The van der Waals surface area contributed by atoms with E-state index in [1.54, 1.807) is 11.8 Å². The number of amides is 1. The Hall–Kier alpha value is -1.79. The zero-order valence-electron chi connectivity index (χ0n) is 20.4. The molecule has 2 aromatic carbocycles. The molecule has 0 radical (unpaired) electrons. The molecule has 3 aliphatic rings. The van der Waals surface area contributed by atoms with E-state index in [1.807, 2.05) is 59.5 Å². The third-order valence-electron chi connectivity index (χ3n) is 7.60. The molecule has 2 saturated heterocycles. The van der Waals surface area contributed by atoms with Gasteiger partial charge in [-0.3, -0.25) is 9.69 Å². The summed E-state index contributed by atoms with van der Waals surface area (Å²) in [5, 5.41) is 0.686. The number of carbonyl (C=O) groups excluding carboxylic acids is 1. The van der Waals surface area contributed by atoms with Crippen LogP contribution >= 0.6 is 23.4 Å². The standard InChI is InChI=1S/C29H36ClN3OS/c30-25-12-7-11-24(22-25)29-33(28(34)27(35-29)21-23-9-3-1-4-10-23)16-8-15-31-17-19-32(20-18-31)26-13-5-2-6-14-26/h1,3-4,7,9-12,21-22,26,29H,2,5-6,8,13-20H2/b27-21-. The Balaban J connectivity index is 1.20. The number of carbonyl (C=O) groups is 1. The summed E-state index contributed by atoms with van der Waals surface area (Å²) in [4.78, 5) is 21.6. The van der Waals surface area contributed by atoms with Crippen LogP contribution in [-0.4, -0.2) is 65.9 Å². The smallest absolute Gasteiger partial charge is 0.261 e. The summed E-state index contributed by atoms with van der Waals surface area (Å²) in [5.74, 6) is 0.131. The Kier molecular flexibility index (Phi) is 8.51. The Bertz CT molecular complexity index is 1020. The molecule has 1 aliphatic carbocycles. The molecule has 2 aromatic rings. The molecular formula is C29H36ClN3OS. The molecule has 0 aromatic heterocycles. The van der Waals surface area contributed by atoms with Crippen molar-refractivity contribution in [3.8, 4) is 0 Å². The molecule has 2 heterocycles. The van der Waals surface area contributed by atoms with E-state index in [1.165, 1.54) is 45.2 Å². The monoisotopic (exact) mass is 509 g/mol. The van der Waals surface area contributed by atoms with E-state index in [0.717, 1.165) is 54.7 Å². The second kappa shape index (κ2) is 12.0. The molecular weight excluding hydrogens is 474 g/mol. The largest absolute Gasteiger partial charge is 0.322 e. The average molecular weight is 510 g/mol. The van der Waals surface area contributed by atoms with Crippen molar-refractivity contribution in [2.24, 2.45) is 0 Å². The van der Waals surface area contributed by atoms with Gasteiger partial charge in [-0.1, -0.05) is 85.1 Å². The Labute approximate surface area is 219 Å². The summed E-state index contributed by atoms with van der Waals surface area (Å²) in [5.41, 5.74) is 2.15. The molecule has 1 unspecified atom stereocenters. The fourth-order valence-electron chi connectivity index (χ4n) is 5.67. The Morgan fingerprint density at radius 3 is 2.43 bits per heavy atom. The van der Waals surface area contributed by atoms with Crippen LogP contribution in [0.5, 0.6) is 0 Å². The van der Waals surface area contributed by atoms with Gasteiger partial charge in [0.15, 0.2) is 0 Å².